The summed E-state index contributed by atoms with van der Waals surface area (Å²) in [5, 5.41) is 55.8. The molecular formula is C20H36Cr2N12O2S11. The van der Waals surface area contributed by atoms with Crippen LogP contribution in [0.3, 0.4) is 0 Å². The molecule has 2 heterocycles. The summed E-state index contributed by atoms with van der Waals surface area (Å²) in [6, 6.07) is 0. The summed E-state index contributed by atoms with van der Waals surface area (Å²) >= 11 is 31.7. The summed E-state index contributed by atoms with van der Waals surface area (Å²) in [5.74, 6) is 5.79. The van der Waals surface area contributed by atoms with Crippen LogP contribution in [-0.2, 0) is 44.6 Å². The normalized spacial score (nSPS) is 13.3. The van der Waals surface area contributed by atoms with Gasteiger partial charge in [0.1, 0.15) is 0 Å². The van der Waals surface area contributed by atoms with Crippen LogP contribution in [0.15, 0.2) is 8.80 Å². The topological polar surface area (TPSA) is 333 Å². The van der Waals surface area contributed by atoms with Crippen molar-refractivity contribution in [3.8, 4) is 0 Å². The van der Waals surface area contributed by atoms with Gasteiger partial charge in [0, 0.05) is 11.5 Å². The van der Waals surface area contributed by atoms with Gasteiger partial charge in [0.05, 0.1) is 21.8 Å². The fourth-order valence-electron chi connectivity index (χ4n) is 3.19. The van der Waals surface area contributed by atoms with E-state index in [0.29, 0.717) is 11.5 Å². The molecule has 2 radical (unpaired) electrons. The zero-order chi connectivity index (χ0) is 33.1. The molecule has 47 heavy (non-hydrogen) atoms. The Hall–Kier alpha value is -0.0451. The van der Waals surface area contributed by atoms with Crippen LogP contribution in [0.25, 0.3) is 32.5 Å². The first-order valence-electron chi connectivity index (χ1n) is 10.4. The largest absolute Gasteiger partial charge is 3.00 e. The Bertz CT molecular complexity index is 1010. The van der Waals surface area contributed by atoms with Gasteiger partial charge in [-0.05, 0) is 73.1 Å². The van der Waals surface area contributed by atoms with Crippen molar-refractivity contribution in [2.24, 2.45) is 8.80 Å². The number of nitrogens with zero attached hydrogens (tertiary/aromatic N) is 8. The van der Waals surface area contributed by atoms with E-state index in [1.54, 1.807) is 0 Å². The van der Waals surface area contributed by atoms with E-state index in [4.69, 9.17) is 56.9 Å². The Kier molecular flexibility index (Phi) is 94.9. The van der Waals surface area contributed by atoms with E-state index < -0.39 is 30.3 Å². The number of hydrogen-bond acceptors (Lipinski definition) is 16. The molecule has 0 atom stereocenters. The van der Waals surface area contributed by atoms with Crippen LogP contribution in [0.1, 0.15) is 25.7 Å². The first-order chi connectivity index (χ1) is 19.4. The Morgan fingerprint density at radius 1 is 0.489 bits per heavy atom. The number of thiocarbonyl (C=S) groups is 8. The molecule has 2 rings (SSSR count). The van der Waals surface area contributed by atoms with Crippen LogP contribution in [0, 0.1) is 0 Å². The minimum atomic E-state index is -3.07. The van der Waals surface area contributed by atoms with Crippen molar-refractivity contribution in [1.29, 1.82) is 0 Å². The molecule has 266 valence electrons. The summed E-state index contributed by atoms with van der Waals surface area (Å²) < 4.78 is 33.7. The van der Waals surface area contributed by atoms with Crippen LogP contribution in [0.2, 0.25) is 0 Å². The molecule has 2 aliphatic heterocycles. The van der Waals surface area contributed by atoms with E-state index in [9.17, 15) is 8.42 Å². The molecule has 0 aromatic rings. The van der Waals surface area contributed by atoms with Gasteiger partial charge in [0.2, 0.25) is 0 Å². The molecule has 12 N–H and O–H groups in total. The molecular weight excluding hydrogens is 897 g/mol. The summed E-state index contributed by atoms with van der Waals surface area (Å²) in [7, 11) is -5.52. The van der Waals surface area contributed by atoms with Gasteiger partial charge in [-0.3, -0.25) is 0 Å². The third-order valence-electron chi connectivity index (χ3n) is 4.61. The molecule has 2 fully saturated rings. The maximum atomic E-state index is 12.5. The predicted molar refractivity (Wildman–Crippen MR) is 227 cm³/mol. The number of isothiocyanates is 8. The second kappa shape index (κ2) is 58.2. The van der Waals surface area contributed by atoms with Crippen LogP contribution in [0.4, 0.5) is 0 Å². The predicted octanol–water partition coefficient (Wildman–Crippen LogP) is 8.23. The first-order valence-corrected chi connectivity index (χ1v) is 19.7. The van der Waals surface area contributed by atoms with E-state index in [1.807, 2.05) is 0 Å². The Morgan fingerprint density at radius 2 is 0.660 bits per heavy atom. The van der Waals surface area contributed by atoms with E-state index in [0.717, 1.165) is 48.7 Å². The Morgan fingerprint density at radius 3 is 0.809 bits per heavy atom. The van der Waals surface area contributed by atoms with Gasteiger partial charge in [-0.15, -0.1) is 20.4 Å². The molecule has 0 aromatic carbocycles. The monoisotopic (exact) mass is 932 g/mol. The quantitative estimate of drug-likeness (QED) is 0.132. The van der Waals surface area contributed by atoms with Gasteiger partial charge in [0.15, 0.2) is 9.84 Å². The molecule has 2 aliphatic rings. The van der Waals surface area contributed by atoms with Crippen molar-refractivity contribution < 1.29 is 43.1 Å². The number of hydrogen-bond donors (Lipinski definition) is 4. The van der Waals surface area contributed by atoms with Crippen LogP contribution in [0.5, 0.6) is 0 Å². The summed E-state index contributed by atoms with van der Waals surface area (Å²) in [6.07, 6.45) is 4.53. The van der Waals surface area contributed by atoms with Crippen molar-refractivity contribution in [1.82, 2.24) is 24.6 Å². The van der Waals surface area contributed by atoms with Gasteiger partial charge in [-0.25, -0.2) is 8.42 Å². The SMILES string of the molecule is N.N.N.N.O=S(=O)(CCS1(N=C=S)CCCC1)CCS1(N=C=S)CCCC1.[Cr+3].[Cr+3].[N-]=C=S.[N-]=C=S.[N-]=C=S.[N-]=C=S.[N-]=C=S.[N-]=C=S. The molecule has 2 saturated heterocycles. The Balaban J connectivity index is -0.0000000509. The van der Waals surface area contributed by atoms with Gasteiger partial charge >= 0.3 is 34.7 Å². The van der Waals surface area contributed by atoms with Crippen molar-refractivity contribution >= 4 is 169 Å². The molecule has 0 unspecified atom stereocenters. The first kappa shape index (κ1) is 76.7. The zero-order valence-electron chi connectivity index (χ0n) is 25.0. The standard InChI is InChI=1S/C14H24N2O2S5.6CNS.2Cr.4H3N/c17-23(18,11-9-21(15-13-19)5-1-2-6-21)12-10-22(16-14-20)7-3-4-8-22;6*2-1-3;;;;;;/h1-12H2;;;;;;;;;4*1H3/q;6*-1;2*+3;;;;. The third-order valence-corrected chi connectivity index (χ3v) is 14.3. The second-order valence-corrected chi connectivity index (χ2v) is 17.3. The van der Waals surface area contributed by atoms with Crippen molar-refractivity contribution in [2.45, 2.75) is 25.7 Å². The summed E-state index contributed by atoms with van der Waals surface area (Å²) in [6.45, 7) is 0. The smallest absolute Gasteiger partial charge is 0.753 e. The minimum absolute atomic E-state index is 0. The minimum Gasteiger partial charge on any atom is -0.753 e. The average molecular weight is 933 g/mol. The summed E-state index contributed by atoms with van der Waals surface area (Å²) in [4.78, 5) is 0. The van der Waals surface area contributed by atoms with Crippen LogP contribution >= 0.6 is 118 Å². The molecule has 0 saturated carbocycles. The molecule has 0 amide bonds. The molecule has 14 nitrogen and oxygen atoms in total. The molecule has 0 aromatic heterocycles. The zero-order valence-corrected chi connectivity index (χ0v) is 36.5. The van der Waals surface area contributed by atoms with E-state index in [-0.39, 0.29) is 70.8 Å². The van der Waals surface area contributed by atoms with Crippen molar-refractivity contribution in [3.63, 3.8) is 0 Å². The fraction of sp³-hybridized carbons (Fsp3) is 0.600. The van der Waals surface area contributed by atoms with Crippen LogP contribution < -0.4 is 24.6 Å². The van der Waals surface area contributed by atoms with Crippen LogP contribution in [-0.4, -0.2) is 95.7 Å². The van der Waals surface area contributed by atoms with Crippen molar-refractivity contribution in [3.05, 3.63) is 32.5 Å². The number of sulfone groups is 1. The maximum Gasteiger partial charge on any atom is 3.00 e. The van der Waals surface area contributed by atoms with Gasteiger partial charge in [-0.2, -0.15) is 39.8 Å². The molecule has 0 spiro atoms. The third kappa shape index (κ3) is 55.6. The van der Waals surface area contributed by atoms with E-state index in [2.05, 4.69) is 92.4 Å². The number of rotatable bonds is 8. The Labute approximate surface area is 346 Å². The molecule has 27 heteroatoms. The van der Waals surface area contributed by atoms with Gasteiger partial charge in [0.25, 0.3) is 0 Å². The van der Waals surface area contributed by atoms with Gasteiger partial charge in [-0.1, -0.05) is 73.3 Å². The van der Waals surface area contributed by atoms with E-state index >= 15 is 0 Å². The summed E-state index contributed by atoms with van der Waals surface area (Å²) in [5.41, 5.74) is 0. The fourth-order valence-corrected chi connectivity index (χ4v) is 13.9. The average Bonchev–Trinajstić information content (AvgIpc) is 3.56. The van der Waals surface area contributed by atoms with Crippen molar-refractivity contribution in [2.75, 3.05) is 46.0 Å². The maximum absolute atomic E-state index is 12.5. The van der Waals surface area contributed by atoms with Gasteiger partial charge < -0.3 is 57.1 Å². The van der Waals surface area contributed by atoms with E-state index in [1.165, 1.54) is 31.0 Å². The molecule has 0 aliphatic carbocycles. The molecule has 0 bridgehead atoms. The second-order valence-electron chi connectivity index (χ2n) is 6.70.